The van der Waals surface area contributed by atoms with Crippen LogP contribution >= 0.6 is 22.6 Å². The van der Waals surface area contributed by atoms with Crippen molar-refractivity contribution in [2.45, 2.75) is 83.7 Å². The van der Waals surface area contributed by atoms with Gasteiger partial charge in [0, 0.05) is 67.1 Å². The van der Waals surface area contributed by atoms with Crippen LogP contribution in [0, 0.1) is 13.8 Å². The summed E-state index contributed by atoms with van der Waals surface area (Å²) in [6.07, 6.45) is -1.01. The fraction of sp³-hybridized carbons (Fsp3) is 0.386. The Bertz CT molecular complexity index is 3160. The molecule has 0 aromatic heterocycles. The second-order valence-corrected chi connectivity index (χ2v) is 26.8. The lowest BCUT2D eigenvalue weighted by molar-refractivity contribution is -0.152. The molecule has 0 aliphatic heterocycles. The van der Waals surface area contributed by atoms with E-state index in [0.717, 1.165) is 39.8 Å². The summed E-state index contributed by atoms with van der Waals surface area (Å²) in [6.45, 7) is 14.5. The van der Waals surface area contributed by atoms with Crippen LogP contribution in [-0.2, 0) is 79.5 Å². The number of carboxylic acids is 1. The summed E-state index contributed by atoms with van der Waals surface area (Å²) in [5.41, 5.74) is 3.47. The number of phosphoric ester groups is 1. The molecule has 0 spiro atoms. The van der Waals surface area contributed by atoms with Gasteiger partial charge in [-0.15, -0.1) is 0 Å². The van der Waals surface area contributed by atoms with Crippen molar-refractivity contribution in [3.8, 4) is 23.0 Å². The van der Waals surface area contributed by atoms with Crippen LogP contribution in [0.3, 0.4) is 0 Å². The quantitative estimate of drug-likeness (QED) is 0.0112. The van der Waals surface area contributed by atoms with E-state index in [2.05, 4.69) is 14.7 Å². The van der Waals surface area contributed by atoms with E-state index in [4.69, 9.17) is 44.0 Å². The number of hydrazine groups is 1. The van der Waals surface area contributed by atoms with Crippen LogP contribution in [-0.4, -0.2) is 144 Å². The number of likely N-dealkylation sites (N-methyl/N-ethyl adjacent to an activating group) is 2. The first-order chi connectivity index (χ1) is 39.0. The Morgan fingerprint density at radius 1 is 0.548 bits per heavy atom. The smallest absolute Gasteiger partial charge is 0.504 e. The first-order valence-corrected chi connectivity index (χ1v) is 32.0. The van der Waals surface area contributed by atoms with Crippen LogP contribution in [0.15, 0.2) is 115 Å². The number of aryl methyl sites for hydroxylation is 2. The number of amides is 2. The van der Waals surface area contributed by atoms with Gasteiger partial charge >= 0.3 is 37.9 Å². The summed E-state index contributed by atoms with van der Waals surface area (Å²) in [5.74, 6) is 3.20. The van der Waals surface area contributed by atoms with Crippen molar-refractivity contribution in [1.29, 1.82) is 0 Å². The van der Waals surface area contributed by atoms with E-state index in [-0.39, 0.29) is 38.2 Å². The van der Waals surface area contributed by atoms with E-state index < -0.39 is 75.0 Å². The average molecular weight is 1230 g/mol. The van der Waals surface area contributed by atoms with Crippen molar-refractivity contribution in [3.05, 3.63) is 154 Å². The number of aliphatic hydroxyl groups excluding tert-OH is 1. The van der Waals surface area contributed by atoms with Crippen molar-refractivity contribution < 1.29 is 95.3 Å². The number of carbonyl (C=O) groups excluding carboxylic acids is 4. The summed E-state index contributed by atoms with van der Waals surface area (Å²) in [4.78, 5) is 81.3. The van der Waals surface area contributed by atoms with Gasteiger partial charge < -0.3 is 47.8 Å². The van der Waals surface area contributed by atoms with Gasteiger partial charge in [0.15, 0.2) is 11.5 Å². The van der Waals surface area contributed by atoms with Crippen molar-refractivity contribution >= 4 is 52.7 Å². The summed E-state index contributed by atoms with van der Waals surface area (Å²) < 4.78 is 70.2. The van der Waals surface area contributed by atoms with E-state index in [1.54, 1.807) is 57.5 Å². The number of phenols is 1. The van der Waals surface area contributed by atoms with Gasteiger partial charge in [0.1, 0.15) is 41.3 Å². The van der Waals surface area contributed by atoms with Crippen molar-refractivity contribution in [3.63, 3.8) is 0 Å². The summed E-state index contributed by atoms with van der Waals surface area (Å²) in [5, 5.41) is 26.5. The Morgan fingerprint density at radius 3 is 1.25 bits per heavy atom. The standard InChI is InChI=1S/C23H30NO6P.C22H28NO6P.C11H17N2O7P.CH4O/c1-17-14-19(12-13-20(17)30-31(5,6)27)15-23(2,21(25)28-4)24(3)22(26)29-16-18-10-8-7-9-11-18;1-16-13-18(11-12-19(16)29-30(4,5)27)14-22(2,20(24)25)23(3)21(26)28-15-17-9-7-6-8-10-17;1-11(13-12,10(15)19-2)6-7-3-4-9(8(14)5-7)20-21(16,17)18;1-2/h7-14H,15-16H2,1-6H3;6-13H,14-15H2,1-5H3,(H,24,25);3-5,13-14H,6,12H2,1-2H3,(H2,16,17,18);2H,1H3/t23-;22-;11-;/m000./s1. The monoisotopic (exact) mass is 1230 g/mol. The number of phosphoric acid groups is 1. The molecule has 5 aromatic rings. The minimum atomic E-state index is -4.76. The number of methoxy groups -OCH3 is 2. The van der Waals surface area contributed by atoms with Gasteiger partial charge in [-0.2, -0.15) is 0 Å². The number of ether oxygens (including phenoxy) is 4. The van der Waals surface area contributed by atoms with Crippen LogP contribution < -0.4 is 24.8 Å². The SMILES string of the molecule is CO.COC(=O)[C@](C)(Cc1ccc(OP(=O)(O)O)c(O)c1)NN.COC(=O)[C@](C)(Cc1ccc(OP(C)(C)=O)c(C)c1)N(C)C(=O)OCc1ccccc1.Cc1cc(C[C@@](C)(C(=O)O)N(C)C(=O)OCc2ccccc2)ccc1OP(C)(C)=O. The van der Waals surface area contributed by atoms with Crippen LogP contribution in [0.1, 0.15) is 59.7 Å². The highest BCUT2D eigenvalue weighted by molar-refractivity contribution is 7.58. The van der Waals surface area contributed by atoms with Crippen molar-refractivity contribution in [2.24, 2.45) is 5.84 Å². The zero-order valence-electron chi connectivity index (χ0n) is 49.7. The molecular formula is C57H79N4O20P3. The average Bonchev–Trinajstić information content (AvgIpc) is 3.44. The van der Waals surface area contributed by atoms with Crippen LogP contribution in [0.25, 0.3) is 0 Å². The molecule has 0 bridgehead atoms. The fourth-order valence-electron chi connectivity index (χ4n) is 7.73. The Balaban J connectivity index is 0.000000432. The predicted molar refractivity (Wildman–Crippen MR) is 316 cm³/mol. The number of aliphatic hydroxyl groups is 1. The third-order valence-electron chi connectivity index (χ3n) is 12.5. The molecule has 0 fully saturated rings. The molecule has 2 amide bonds. The molecule has 84 heavy (non-hydrogen) atoms. The lowest BCUT2D eigenvalue weighted by atomic mass is 9.90. The minimum absolute atomic E-state index is 0.0545. The molecule has 0 aliphatic rings. The number of esters is 2. The molecule has 0 heterocycles. The first-order valence-electron chi connectivity index (χ1n) is 25.5. The second-order valence-electron chi connectivity index (χ2n) is 20.3. The number of nitrogens with two attached hydrogens (primary N) is 1. The van der Waals surface area contributed by atoms with Crippen LogP contribution in [0.5, 0.6) is 23.0 Å². The molecule has 0 saturated heterocycles. The van der Waals surface area contributed by atoms with Gasteiger partial charge in [-0.25, -0.2) is 29.2 Å². The second kappa shape index (κ2) is 32.1. The van der Waals surface area contributed by atoms with Gasteiger partial charge in [-0.05, 0) is 97.8 Å². The number of benzene rings is 5. The number of nitrogens with zero attached hydrogens (tertiary/aromatic N) is 2. The maximum absolute atomic E-state index is 12.7. The topological polar surface area (TPSA) is 347 Å². The van der Waals surface area contributed by atoms with E-state index in [1.165, 1.54) is 78.6 Å². The molecule has 462 valence electrons. The summed E-state index contributed by atoms with van der Waals surface area (Å²) >= 11 is 0. The Kier molecular flexibility index (Phi) is 27.9. The third-order valence-corrected chi connectivity index (χ3v) is 14.2. The lowest BCUT2D eigenvalue weighted by Gasteiger charge is -2.35. The van der Waals surface area contributed by atoms with E-state index in [1.807, 2.05) is 73.7 Å². The highest BCUT2D eigenvalue weighted by Crippen LogP contribution is 2.43. The number of hydrogen-bond donors (Lipinski definition) is 7. The number of aliphatic carboxylic acids is 1. The minimum Gasteiger partial charge on any atom is -0.504 e. The molecule has 8 N–H and O–H groups in total. The van der Waals surface area contributed by atoms with Crippen molar-refractivity contribution in [1.82, 2.24) is 15.2 Å². The lowest BCUT2D eigenvalue weighted by Crippen LogP contribution is -2.55. The molecule has 27 heteroatoms. The highest BCUT2D eigenvalue weighted by Gasteiger charge is 2.43. The van der Waals surface area contributed by atoms with Gasteiger partial charge in [0.2, 0.25) is 14.7 Å². The molecule has 0 radical (unpaired) electrons. The maximum Gasteiger partial charge on any atom is 0.524 e. The predicted octanol–water partition coefficient (Wildman–Crippen LogP) is 8.63. The largest absolute Gasteiger partial charge is 0.524 e. The molecule has 5 aromatic carbocycles. The van der Waals surface area contributed by atoms with Gasteiger partial charge in [-0.1, -0.05) is 91.0 Å². The number of hydrogen-bond acceptors (Lipinski definition) is 19. The van der Waals surface area contributed by atoms with Crippen LogP contribution in [0.4, 0.5) is 9.59 Å². The number of carbonyl (C=O) groups is 5. The zero-order valence-corrected chi connectivity index (χ0v) is 52.4. The molecule has 3 atom stereocenters. The Morgan fingerprint density at radius 2 is 0.917 bits per heavy atom. The van der Waals surface area contributed by atoms with Gasteiger partial charge in [0.05, 0.1) is 14.2 Å². The van der Waals surface area contributed by atoms with E-state index in [0.29, 0.717) is 22.6 Å². The highest BCUT2D eigenvalue weighted by atomic mass is 31.2. The molecule has 5 rings (SSSR count). The molecule has 0 aliphatic carbocycles. The molecule has 24 nitrogen and oxygen atoms in total. The van der Waals surface area contributed by atoms with Gasteiger partial charge in [-0.3, -0.25) is 39.4 Å². The van der Waals surface area contributed by atoms with E-state index >= 15 is 0 Å². The summed E-state index contributed by atoms with van der Waals surface area (Å²) in [7, 11) is -3.75. The van der Waals surface area contributed by atoms with E-state index in [9.17, 15) is 47.9 Å². The summed E-state index contributed by atoms with van der Waals surface area (Å²) in [6, 6.07) is 32.8. The normalized spacial score (nSPS) is 13.2. The maximum atomic E-state index is 12.7. The number of nitrogens with one attached hydrogen (secondary N) is 1. The Hall–Kier alpha value is -7.26. The zero-order chi connectivity index (χ0) is 64.0. The third kappa shape index (κ3) is 23.1. The Labute approximate surface area is 490 Å². The fourth-order valence-corrected chi connectivity index (χ4v) is 9.50. The van der Waals surface area contributed by atoms with Crippen LogP contribution in [0.2, 0.25) is 0 Å². The number of rotatable bonds is 22. The first kappa shape index (κ1) is 72.8. The molecule has 0 unspecified atom stereocenters. The number of phenolic OH excluding ortho intramolecular Hbond substituents is 1. The number of carboxylic acid groups (broad SMARTS) is 1. The molecular weight excluding hydrogens is 1150 g/mol. The number of aromatic hydroxyl groups is 1. The van der Waals surface area contributed by atoms with Gasteiger partial charge in [0.25, 0.3) is 0 Å². The van der Waals surface area contributed by atoms with Crippen molar-refractivity contribution in [2.75, 3.05) is 62.1 Å². The molecule has 0 saturated carbocycles.